The quantitative estimate of drug-likeness (QED) is 0.615. The molecule has 0 aromatic heterocycles. The first-order valence-electron chi connectivity index (χ1n) is 9.42. The molecule has 1 aromatic carbocycles. The van der Waals surface area contributed by atoms with Crippen LogP contribution in [0.2, 0.25) is 0 Å². The third kappa shape index (κ3) is 3.03. The van der Waals surface area contributed by atoms with Crippen molar-refractivity contribution in [2.45, 2.75) is 77.2 Å². The second-order valence-electron chi connectivity index (χ2n) is 7.42. The average Bonchev–Trinajstić information content (AvgIpc) is 3.32. The van der Waals surface area contributed by atoms with Crippen molar-refractivity contribution >= 4 is 34.3 Å². The highest BCUT2D eigenvalue weighted by Crippen LogP contribution is 2.40. The van der Waals surface area contributed by atoms with Crippen LogP contribution in [0.1, 0.15) is 68.6 Å². The van der Waals surface area contributed by atoms with Gasteiger partial charge in [-0.2, -0.15) is 0 Å². The number of amides is 1. The van der Waals surface area contributed by atoms with E-state index in [1.165, 1.54) is 20.3 Å². The molecule has 0 unspecified atom stereocenters. The van der Waals surface area contributed by atoms with E-state index in [4.69, 9.17) is 9.73 Å². The van der Waals surface area contributed by atoms with Crippen LogP contribution >= 0.6 is 22.6 Å². The molecule has 4 nitrogen and oxygen atoms in total. The highest BCUT2D eigenvalue weighted by molar-refractivity contribution is 14.1. The summed E-state index contributed by atoms with van der Waals surface area (Å²) in [6.07, 6.45) is 7.21. The molecule has 0 saturated heterocycles. The predicted octanol–water partition coefficient (Wildman–Crippen LogP) is 4.57. The zero-order chi connectivity index (χ0) is 17.4. The molecule has 1 saturated carbocycles. The third-order valence-electron chi connectivity index (χ3n) is 5.77. The maximum atomic E-state index is 13.3. The summed E-state index contributed by atoms with van der Waals surface area (Å²) >= 11 is 2.38. The number of aliphatic imine (C=N–C) groups is 1. The fourth-order valence-corrected chi connectivity index (χ4v) is 4.98. The van der Waals surface area contributed by atoms with Crippen molar-refractivity contribution in [3.63, 3.8) is 0 Å². The first kappa shape index (κ1) is 17.5. The fourth-order valence-electron chi connectivity index (χ4n) is 4.32. The van der Waals surface area contributed by atoms with Crippen LogP contribution in [-0.2, 0) is 29.3 Å². The summed E-state index contributed by atoms with van der Waals surface area (Å²) in [6, 6.07) is 4.32. The van der Waals surface area contributed by atoms with Crippen molar-refractivity contribution in [3.05, 3.63) is 32.4 Å². The maximum Gasteiger partial charge on any atom is 0.256 e. The number of carbonyl (C=O) groups excluding carboxylic acids is 1. The number of carbonyl (C=O) groups is 1. The molecule has 0 radical (unpaired) electrons. The van der Waals surface area contributed by atoms with Gasteiger partial charge in [-0.25, -0.2) is 0 Å². The zero-order valence-corrected chi connectivity index (χ0v) is 17.0. The number of unbranched alkanes of at least 4 members (excludes halogenated alkanes) is 1. The molecule has 0 atom stereocenters. The van der Waals surface area contributed by atoms with Crippen LogP contribution < -0.4 is 0 Å². The Morgan fingerprint density at radius 2 is 2.00 bits per heavy atom. The summed E-state index contributed by atoms with van der Waals surface area (Å²) in [7, 11) is 0. The van der Waals surface area contributed by atoms with E-state index in [1.807, 2.05) is 4.90 Å². The van der Waals surface area contributed by atoms with Crippen LogP contribution in [0.25, 0.3) is 0 Å². The van der Waals surface area contributed by atoms with E-state index in [0.717, 1.165) is 50.8 Å². The second-order valence-corrected chi connectivity index (χ2v) is 8.58. The summed E-state index contributed by atoms with van der Waals surface area (Å²) in [6.45, 7) is 4.19. The second kappa shape index (κ2) is 6.99. The number of benzene rings is 1. The van der Waals surface area contributed by atoms with Crippen LogP contribution in [0, 0.1) is 3.57 Å². The number of halogens is 1. The van der Waals surface area contributed by atoms with Gasteiger partial charge in [0.1, 0.15) is 11.4 Å². The Morgan fingerprint density at radius 1 is 1.24 bits per heavy atom. The Labute approximate surface area is 163 Å². The summed E-state index contributed by atoms with van der Waals surface area (Å²) in [4.78, 5) is 20.2. The van der Waals surface area contributed by atoms with Gasteiger partial charge in [-0.15, -0.1) is 0 Å². The van der Waals surface area contributed by atoms with Crippen molar-refractivity contribution < 1.29 is 9.53 Å². The van der Waals surface area contributed by atoms with Crippen LogP contribution in [-0.4, -0.2) is 22.2 Å². The smallest absolute Gasteiger partial charge is 0.256 e. The van der Waals surface area contributed by atoms with Gasteiger partial charge in [0.05, 0.1) is 19.8 Å². The molecule has 25 heavy (non-hydrogen) atoms. The highest BCUT2D eigenvalue weighted by atomic mass is 127. The number of fused-ring (bicyclic) bond motifs is 1. The highest BCUT2D eigenvalue weighted by Gasteiger charge is 2.49. The van der Waals surface area contributed by atoms with Crippen LogP contribution in [0.5, 0.6) is 0 Å². The molecule has 1 fully saturated rings. The lowest BCUT2D eigenvalue weighted by Crippen LogP contribution is -2.40. The first-order chi connectivity index (χ1) is 12.1. The van der Waals surface area contributed by atoms with Gasteiger partial charge in [0.15, 0.2) is 0 Å². The fraction of sp³-hybridized carbons (Fsp3) is 0.600. The first-order valence-corrected chi connectivity index (χ1v) is 10.5. The van der Waals surface area contributed by atoms with Gasteiger partial charge in [0.25, 0.3) is 5.91 Å². The number of ether oxygens (including phenoxy) is 1. The van der Waals surface area contributed by atoms with Gasteiger partial charge in [0, 0.05) is 9.99 Å². The molecule has 5 heteroatoms. The molecular formula is C20H25IN2O2. The van der Waals surface area contributed by atoms with Crippen molar-refractivity contribution in [1.82, 2.24) is 4.90 Å². The molecule has 134 valence electrons. The molecule has 1 aromatic rings. The molecule has 0 N–H and O–H groups in total. The third-order valence-corrected chi connectivity index (χ3v) is 6.79. The lowest BCUT2D eigenvalue weighted by atomic mass is 9.97. The van der Waals surface area contributed by atoms with Gasteiger partial charge in [-0.05, 0) is 64.6 Å². The molecule has 1 aliphatic carbocycles. The van der Waals surface area contributed by atoms with Crippen LogP contribution in [0.15, 0.2) is 17.1 Å². The van der Waals surface area contributed by atoms with E-state index in [9.17, 15) is 4.79 Å². The van der Waals surface area contributed by atoms with Crippen molar-refractivity contribution in [1.29, 1.82) is 0 Å². The Morgan fingerprint density at radius 3 is 2.76 bits per heavy atom. The van der Waals surface area contributed by atoms with E-state index < -0.39 is 5.54 Å². The van der Waals surface area contributed by atoms with Crippen molar-refractivity contribution in [2.75, 3.05) is 0 Å². The van der Waals surface area contributed by atoms with Crippen molar-refractivity contribution in [2.24, 2.45) is 4.99 Å². The van der Waals surface area contributed by atoms with E-state index in [1.54, 1.807) is 0 Å². The van der Waals surface area contributed by atoms with Gasteiger partial charge < -0.3 is 4.74 Å². The Kier molecular flexibility index (Phi) is 4.88. The summed E-state index contributed by atoms with van der Waals surface area (Å²) < 4.78 is 6.93. The molecule has 3 aliphatic rings. The number of amidine groups is 1. The molecule has 4 rings (SSSR count). The summed E-state index contributed by atoms with van der Waals surface area (Å²) in [5.41, 5.74) is 3.36. The number of nitrogens with zero attached hydrogens (tertiary/aromatic N) is 2. The minimum Gasteiger partial charge on any atom is -0.372 e. The van der Waals surface area contributed by atoms with Crippen LogP contribution in [0.3, 0.4) is 0 Å². The minimum atomic E-state index is -0.439. The maximum absolute atomic E-state index is 13.3. The minimum absolute atomic E-state index is 0.238. The van der Waals surface area contributed by atoms with E-state index in [-0.39, 0.29) is 5.91 Å². The largest absolute Gasteiger partial charge is 0.372 e. The standard InChI is InChI=1S/C20H25IN2O2/c1-2-3-6-18-22-20(9-4-5-10-20)19(24)23(18)11-14-7-8-17(21)16-13-25-12-15(14)16/h7-8H,2-6,9-13H2,1H3. The van der Waals surface area contributed by atoms with Crippen molar-refractivity contribution in [3.8, 4) is 0 Å². The van der Waals surface area contributed by atoms with Gasteiger partial charge in [-0.1, -0.05) is 32.3 Å². The Balaban J connectivity index is 1.64. The van der Waals surface area contributed by atoms with E-state index in [2.05, 4.69) is 41.6 Å². The molecule has 1 spiro atoms. The SMILES string of the molecule is CCCCC1=NC2(CCCC2)C(=O)N1Cc1ccc(I)c2c1COC2. The summed E-state index contributed by atoms with van der Waals surface area (Å²) in [5, 5.41) is 0. The summed E-state index contributed by atoms with van der Waals surface area (Å²) in [5.74, 6) is 1.25. The average molecular weight is 452 g/mol. The van der Waals surface area contributed by atoms with Gasteiger partial charge in [0.2, 0.25) is 0 Å². The van der Waals surface area contributed by atoms with Gasteiger partial charge in [-0.3, -0.25) is 14.7 Å². The van der Waals surface area contributed by atoms with Crippen LogP contribution in [0.4, 0.5) is 0 Å². The molecule has 1 amide bonds. The van der Waals surface area contributed by atoms with E-state index >= 15 is 0 Å². The molecular weight excluding hydrogens is 427 g/mol. The Hall–Kier alpha value is -0.950. The topological polar surface area (TPSA) is 41.9 Å². The number of hydrogen-bond donors (Lipinski definition) is 0. The molecule has 2 aliphatic heterocycles. The van der Waals surface area contributed by atoms with E-state index in [0.29, 0.717) is 19.8 Å². The molecule has 0 bridgehead atoms. The number of hydrogen-bond acceptors (Lipinski definition) is 3. The lowest BCUT2D eigenvalue weighted by molar-refractivity contribution is -0.131. The normalized spacial score (nSPS) is 21.3. The lowest BCUT2D eigenvalue weighted by Gasteiger charge is -2.23. The predicted molar refractivity (Wildman–Crippen MR) is 106 cm³/mol. The Bertz CT molecular complexity index is 723. The van der Waals surface area contributed by atoms with Gasteiger partial charge >= 0.3 is 0 Å². The molecule has 2 heterocycles. The number of rotatable bonds is 5. The zero-order valence-electron chi connectivity index (χ0n) is 14.8. The monoisotopic (exact) mass is 452 g/mol.